The Morgan fingerprint density at radius 1 is 1.32 bits per heavy atom. The van der Waals surface area contributed by atoms with Crippen LogP contribution in [-0.4, -0.2) is 52.2 Å². The third-order valence-electron chi connectivity index (χ3n) is 4.83. The summed E-state index contributed by atoms with van der Waals surface area (Å²) >= 11 is 1.76. The van der Waals surface area contributed by atoms with Crippen molar-refractivity contribution in [2.24, 2.45) is 0 Å². The summed E-state index contributed by atoms with van der Waals surface area (Å²) in [6.07, 6.45) is 0.797. The largest absolute Gasteiger partial charge is 0.465 e. The van der Waals surface area contributed by atoms with Gasteiger partial charge in [-0.3, -0.25) is 9.80 Å². The molecule has 2 aromatic heterocycles. The maximum absolute atomic E-state index is 9.47. The third kappa shape index (κ3) is 4.91. The first-order chi connectivity index (χ1) is 12.0. The van der Waals surface area contributed by atoms with Crippen LogP contribution in [0, 0.1) is 6.92 Å². The number of aliphatic hydroxyl groups excluding tert-OH is 1. The molecular formula is C19H29N3O2S. The number of hydrogen-bond donors (Lipinski definition) is 1. The minimum atomic E-state index is 0.223. The van der Waals surface area contributed by atoms with Crippen molar-refractivity contribution < 1.29 is 9.52 Å². The van der Waals surface area contributed by atoms with Gasteiger partial charge in [0.25, 0.3) is 0 Å². The topological polar surface area (TPSA) is 52.7 Å². The van der Waals surface area contributed by atoms with E-state index in [0.717, 1.165) is 50.7 Å². The molecule has 1 aliphatic heterocycles. The summed E-state index contributed by atoms with van der Waals surface area (Å²) in [5.74, 6) is 2.45. The molecule has 0 aromatic carbocycles. The molecule has 1 saturated heterocycles. The van der Waals surface area contributed by atoms with Gasteiger partial charge in [-0.2, -0.15) is 0 Å². The Bertz CT molecular complexity index is 667. The van der Waals surface area contributed by atoms with Gasteiger partial charge < -0.3 is 9.52 Å². The fraction of sp³-hybridized carbons (Fsp3) is 0.632. The molecule has 5 nitrogen and oxygen atoms in total. The fourth-order valence-electron chi connectivity index (χ4n) is 3.36. The number of thiazole rings is 1. The van der Waals surface area contributed by atoms with Crippen molar-refractivity contribution in [3.8, 4) is 0 Å². The minimum absolute atomic E-state index is 0.223. The summed E-state index contributed by atoms with van der Waals surface area (Å²) in [5.41, 5.74) is 1.19. The molecule has 3 rings (SSSR count). The Labute approximate surface area is 154 Å². The first-order valence-electron chi connectivity index (χ1n) is 9.12. The monoisotopic (exact) mass is 363 g/mol. The minimum Gasteiger partial charge on any atom is -0.465 e. The van der Waals surface area contributed by atoms with Crippen LogP contribution >= 0.6 is 11.3 Å². The summed E-state index contributed by atoms with van der Waals surface area (Å²) in [4.78, 5) is 9.67. The van der Waals surface area contributed by atoms with Crippen molar-refractivity contribution in [3.63, 3.8) is 0 Å². The van der Waals surface area contributed by atoms with Crippen molar-refractivity contribution >= 4 is 11.3 Å². The molecule has 25 heavy (non-hydrogen) atoms. The van der Waals surface area contributed by atoms with Gasteiger partial charge in [-0.15, -0.1) is 11.3 Å². The van der Waals surface area contributed by atoms with Gasteiger partial charge in [0.2, 0.25) is 0 Å². The molecule has 0 saturated carbocycles. The molecule has 0 radical (unpaired) electrons. The van der Waals surface area contributed by atoms with E-state index in [9.17, 15) is 5.11 Å². The molecule has 138 valence electrons. The second-order valence-corrected chi connectivity index (χ2v) is 8.15. The Morgan fingerprint density at radius 3 is 2.80 bits per heavy atom. The first kappa shape index (κ1) is 18.6. The smallest absolute Gasteiger partial charge is 0.118 e. The zero-order valence-corrected chi connectivity index (χ0v) is 16.3. The summed E-state index contributed by atoms with van der Waals surface area (Å²) < 4.78 is 5.73. The van der Waals surface area contributed by atoms with Gasteiger partial charge in [-0.05, 0) is 31.4 Å². The number of piperazine rings is 1. The van der Waals surface area contributed by atoms with Crippen LogP contribution in [0.4, 0.5) is 0 Å². The molecule has 6 heteroatoms. The highest BCUT2D eigenvalue weighted by molar-refractivity contribution is 7.09. The highest BCUT2D eigenvalue weighted by Gasteiger charge is 2.27. The quantitative estimate of drug-likeness (QED) is 0.818. The van der Waals surface area contributed by atoms with E-state index >= 15 is 0 Å². The molecule has 1 unspecified atom stereocenters. The Balaban J connectivity index is 1.59. The molecule has 1 aliphatic rings. The highest BCUT2D eigenvalue weighted by atomic mass is 32.1. The lowest BCUT2D eigenvalue weighted by molar-refractivity contribution is 0.0454. The van der Waals surface area contributed by atoms with Gasteiger partial charge in [0.1, 0.15) is 16.5 Å². The number of rotatable bonds is 7. The molecule has 0 bridgehead atoms. The van der Waals surface area contributed by atoms with E-state index in [1.807, 2.05) is 13.0 Å². The van der Waals surface area contributed by atoms with Crippen LogP contribution in [0.1, 0.15) is 48.4 Å². The molecule has 3 heterocycles. The zero-order valence-electron chi connectivity index (χ0n) is 15.4. The molecule has 2 aromatic rings. The molecule has 0 spiro atoms. The summed E-state index contributed by atoms with van der Waals surface area (Å²) in [6.45, 7) is 11.3. The van der Waals surface area contributed by atoms with Crippen LogP contribution in [0.25, 0.3) is 0 Å². The van der Waals surface area contributed by atoms with Gasteiger partial charge in [0.05, 0.1) is 18.8 Å². The Morgan fingerprint density at radius 2 is 2.16 bits per heavy atom. The normalized spacial score (nSPS) is 19.8. The van der Waals surface area contributed by atoms with Gasteiger partial charge in [0, 0.05) is 37.7 Å². The van der Waals surface area contributed by atoms with Crippen molar-refractivity contribution in [1.29, 1.82) is 0 Å². The average Bonchev–Trinajstić information content (AvgIpc) is 3.19. The van der Waals surface area contributed by atoms with E-state index in [4.69, 9.17) is 9.40 Å². The number of furan rings is 1. The number of aliphatic hydroxyl groups is 1. The van der Waals surface area contributed by atoms with E-state index in [1.165, 1.54) is 10.7 Å². The van der Waals surface area contributed by atoms with Crippen LogP contribution in [-0.2, 0) is 13.1 Å². The number of aryl methyl sites for hydroxylation is 1. The lowest BCUT2D eigenvalue weighted by atomic mass is 10.1. The van der Waals surface area contributed by atoms with Gasteiger partial charge in [0.15, 0.2) is 0 Å². The van der Waals surface area contributed by atoms with E-state index < -0.39 is 0 Å². The fourth-order valence-corrected chi connectivity index (χ4v) is 4.35. The number of hydrogen-bond acceptors (Lipinski definition) is 6. The maximum atomic E-state index is 9.47. The van der Waals surface area contributed by atoms with Crippen LogP contribution in [0.15, 0.2) is 21.9 Å². The SMILES string of the molecule is Cc1ccc(CN2CCN(Cc3nc(C(C)C)cs3)CC2CCO)o1. The predicted molar refractivity (Wildman–Crippen MR) is 101 cm³/mol. The van der Waals surface area contributed by atoms with E-state index in [1.54, 1.807) is 11.3 Å². The van der Waals surface area contributed by atoms with Crippen LogP contribution in [0.2, 0.25) is 0 Å². The molecule has 1 atom stereocenters. The van der Waals surface area contributed by atoms with E-state index in [-0.39, 0.29) is 6.61 Å². The Kier molecular flexibility index (Phi) is 6.28. The van der Waals surface area contributed by atoms with Crippen LogP contribution < -0.4 is 0 Å². The average molecular weight is 364 g/mol. The number of aromatic nitrogens is 1. The lowest BCUT2D eigenvalue weighted by Gasteiger charge is -2.40. The second-order valence-electron chi connectivity index (χ2n) is 7.20. The maximum Gasteiger partial charge on any atom is 0.118 e. The first-order valence-corrected chi connectivity index (χ1v) is 10.00. The second kappa shape index (κ2) is 8.45. The van der Waals surface area contributed by atoms with E-state index in [2.05, 4.69) is 35.1 Å². The highest BCUT2D eigenvalue weighted by Crippen LogP contribution is 2.22. The molecule has 1 fully saturated rings. The predicted octanol–water partition coefficient (Wildman–Crippen LogP) is 3.24. The van der Waals surface area contributed by atoms with Gasteiger partial charge in [-0.1, -0.05) is 13.8 Å². The van der Waals surface area contributed by atoms with Gasteiger partial charge in [-0.25, -0.2) is 4.98 Å². The van der Waals surface area contributed by atoms with Crippen LogP contribution in [0.3, 0.4) is 0 Å². The summed E-state index contributed by atoms with van der Waals surface area (Å²) in [6, 6.07) is 4.43. The Hall–Kier alpha value is -1.21. The standard InChI is InChI=1S/C19H29N3O2S/c1-14(2)18-13-25-19(20-18)12-21-7-8-22(16(10-21)6-9-23)11-17-5-4-15(3)24-17/h4-5,13-14,16,23H,6-12H2,1-3H3. The number of nitrogens with zero attached hydrogens (tertiary/aromatic N) is 3. The molecule has 1 N–H and O–H groups in total. The summed E-state index contributed by atoms with van der Waals surface area (Å²) in [7, 11) is 0. The summed E-state index contributed by atoms with van der Waals surface area (Å²) in [5, 5.41) is 12.8. The van der Waals surface area contributed by atoms with Crippen molar-refractivity contribution in [2.45, 2.75) is 52.2 Å². The van der Waals surface area contributed by atoms with Gasteiger partial charge >= 0.3 is 0 Å². The van der Waals surface area contributed by atoms with E-state index in [0.29, 0.717) is 12.0 Å². The molecule has 0 aliphatic carbocycles. The lowest BCUT2D eigenvalue weighted by Crippen LogP contribution is -2.52. The van der Waals surface area contributed by atoms with Crippen LogP contribution in [0.5, 0.6) is 0 Å². The van der Waals surface area contributed by atoms with Crippen molar-refractivity contribution in [2.75, 3.05) is 26.2 Å². The molecular weight excluding hydrogens is 334 g/mol. The third-order valence-corrected chi connectivity index (χ3v) is 5.68. The molecule has 0 amide bonds. The zero-order chi connectivity index (χ0) is 17.8. The van der Waals surface area contributed by atoms with Crippen molar-refractivity contribution in [3.05, 3.63) is 39.7 Å². The van der Waals surface area contributed by atoms with Crippen molar-refractivity contribution in [1.82, 2.24) is 14.8 Å².